The standard InChI is InChI=1S/C17H18BrFN2OS/c1-11(2)22-14-6-3-12(4-7-14)10-20-17(23)21-16-8-5-13(18)9-15(16)19/h3-9,11H,10H2,1-2H3,(H2,20,21,23). The molecule has 23 heavy (non-hydrogen) atoms. The second kappa shape index (κ2) is 8.26. The summed E-state index contributed by atoms with van der Waals surface area (Å²) in [5, 5.41) is 6.26. The Morgan fingerprint density at radius 1 is 1.22 bits per heavy atom. The van der Waals surface area contributed by atoms with E-state index in [-0.39, 0.29) is 11.9 Å². The van der Waals surface area contributed by atoms with Crippen LogP contribution in [0.1, 0.15) is 19.4 Å². The van der Waals surface area contributed by atoms with Gasteiger partial charge in [-0.15, -0.1) is 0 Å². The maximum atomic E-state index is 13.7. The van der Waals surface area contributed by atoms with E-state index in [4.69, 9.17) is 17.0 Å². The van der Waals surface area contributed by atoms with Gasteiger partial charge in [-0.1, -0.05) is 28.1 Å². The summed E-state index contributed by atoms with van der Waals surface area (Å²) in [7, 11) is 0. The maximum Gasteiger partial charge on any atom is 0.171 e. The topological polar surface area (TPSA) is 33.3 Å². The van der Waals surface area contributed by atoms with Crippen molar-refractivity contribution in [1.29, 1.82) is 0 Å². The van der Waals surface area contributed by atoms with Crippen molar-refractivity contribution in [3.63, 3.8) is 0 Å². The second-order valence-electron chi connectivity index (χ2n) is 5.24. The van der Waals surface area contributed by atoms with Crippen LogP contribution >= 0.6 is 28.1 Å². The van der Waals surface area contributed by atoms with Crippen LogP contribution in [0.3, 0.4) is 0 Å². The van der Waals surface area contributed by atoms with Gasteiger partial charge in [-0.3, -0.25) is 0 Å². The van der Waals surface area contributed by atoms with Crippen LogP contribution in [0.25, 0.3) is 0 Å². The van der Waals surface area contributed by atoms with Crippen LogP contribution in [0.4, 0.5) is 10.1 Å². The van der Waals surface area contributed by atoms with Crippen LogP contribution < -0.4 is 15.4 Å². The monoisotopic (exact) mass is 396 g/mol. The lowest BCUT2D eigenvalue weighted by Crippen LogP contribution is -2.28. The van der Waals surface area contributed by atoms with Crippen molar-refractivity contribution in [1.82, 2.24) is 5.32 Å². The zero-order chi connectivity index (χ0) is 16.8. The zero-order valence-corrected chi connectivity index (χ0v) is 15.3. The van der Waals surface area contributed by atoms with Crippen molar-refractivity contribution >= 4 is 38.9 Å². The van der Waals surface area contributed by atoms with Gasteiger partial charge < -0.3 is 15.4 Å². The lowest BCUT2D eigenvalue weighted by atomic mass is 10.2. The molecule has 122 valence electrons. The van der Waals surface area contributed by atoms with Crippen LogP contribution in [-0.2, 0) is 6.54 Å². The van der Waals surface area contributed by atoms with Gasteiger partial charge in [0.15, 0.2) is 5.11 Å². The van der Waals surface area contributed by atoms with Crippen LogP contribution in [0.2, 0.25) is 0 Å². The number of ether oxygens (including phenoxy) is 1. The summed E-state index contributed by atoms with van der Waals surface area (Å²) in [4.78, 5) is 0. The van der Waals surface area contributed by atoms with Crippen molar-refractivity contribution in [2.45, 2.75) is 26.5 Å². The number of hydrogen-bond donors (Lipinski definition) is 2. The van der Waals surface area contributed by atoms with Gasteiger partial charge in [0.2, 0.25) is 0 Å². The second-order valence-corrected chi connectivity index (χ2v) is 6.57. The van der Waals surface area contributed by atoms with Crippen molar-refractivity contribution < 1.29 is 9.13 Å². The number of anilines is 1. The molecule has 0 heterocycles. The molecule has 2 N–H and O–H groups in total. The third-order valence-electron chi connectivity index (χ3n) is 2.93. The minimum atomic E-state index is -0.362. The van der Waals surface area contributed by atoms with E-state index in [0.717, 1.165) is 11.3 Å². The molecular weight excluding hydrogens is 379 g/mol. The predicted octanol–water partition coefficient (Wildman–Crippen LogP) is 4.86. The molecule has 0 aliphatic carbocycles. The van der Waals surface area contributed by atoms with E-state index in [2.05, 4.69) is 26.6 Å². The van der Waals surface area contributed by atoms with Crippen molar-refractivity contribution in [3.05, 3.63) is 58.3 Å². The smallest absolute Gasteiger partial charge is 0.171 e. The van der Waals surface area contributed by atoms with E-state index >= 15 is 0 Å². The number of benzene rings is 2. The lowest BCUT2D eigenvalue weighted by Gasteiger charge is -2.12. The minimum absolute atomic E-state index is 0.150. The van der Waals surface area contributed by atoms with Gasteiger partial charge in [-0.2, -0.15) is 0 Å². The fraction of sp³-hybridized carbons (Fsp3) is 0.235. The Labute approximate surface area is 149 Å². The molecule has 0 aromatic heterocycles. The van der Waals surface area contributed by atoms with Gasteiger partial charge in [0.1, 0.15) is 11.6 Å². The summed E-state index contributed by atoms with van der Waals surface area (Å²) < 4.78 is 20.0. The molecule has 2 rings (SSSR count). The molecule has 3 nitrogen and oxygen atoms in total. The third-order valence-corrected chi connectivity index (χ3v) is 3.67. The molecule has 0 spiro atoms. The van der Waals surface area contributed by atoms with Gasteiger partial charge in [0.25, 0.3) is 0 Å². The van der Waals surface area contributed by atoms with Crippen molar-refractivity contribution in [2.24, 2.45) is 0 Å². The van der Waals surface area contributed by atoms with Crippen LogP contribution in [0.15, 0.2) is 46.9 Å². The zero-order valence-electron chi connectivity index (χ0n) is 12.9. The molecule has 2 aromatic rings. The first kappa shape index (κ1) is 17.7. The van der Waals surface area contributed by atoms with Gasteiger partial charge in [-0.25, -0.2) is 4.39 Å². The van der Waals surface area contributed by atoms with E-state index in [1.165, 1.54) is 6.07 Å². The van der Waals surface area contributed by atoms with Crippen molar-refractivity contribution in [2.75, 3.05) is 5.32 Å². The molecule has 0 atom stereocenters. The highest BCUT2D eigenvalue weighted by Crippen LogP contribution is 2.19. The summed E-state index contributed by atoms with van der Waals surface area (Å²) in [5.74, 6) is 0.472. The van der Waals surface area contributed by atoms with Gasteiger partial charge in [0, 0.05) is 11.0 Å². The van der Waals surface area contributed by atoms with Crippen molar-refractivity contribution in [3.8, 4) is 5.75 Å². The summed E-state index contributed by atoms with van der Waals surface area (Å²) in [6.45, 7) is 4.52. The molecule has 0 saturated heterocycles. The van der Waals surface area contributed by atoms with Gasteiger partial charge in [-0.05, 0) is 62.0 Å². The van der Waals surface area contributed by atoms with E-state index < -0.39 is 0 Å². The lowest BCUT2D eigenvalue weighted by molar-refractivity contribution is 0.242. The highest BCUT2D eigenvalue weighted by molar-refractivity contribution is 9.10. The Morgan fingerprint density at radius 2 is 1.91 bits per heavy atom. The highest BCUT2D eigenvalue weighted by Gasteiger charge is 2.05. The Balaban J connectivity index is 1.86. The first-order valence-electron chi connectivity index (χ1n) is 7.19. The molecular formula is C17H18BrFN2OS. The number of nitrogens with one attached hydrogen (secondary N) is 2. The summed E-state index contributed by atoms with van der Waals surface area (Å²) in [6.07, 6.45) is 0.150. The van der Waals surface area contributed by atoms with E-state index in [9.17, 15) is 4.39 Å². The fourth-order valence-corrected chi connectivity index (χ4v) is 2.41. The molecule has 2 aromatic carbocycles. The Morgan fingerprint density at radius 3 is 2.52 bits per heavy atom. The number of hydrogen-bond acceptors (Lipinski definition) is 2. The normalized spacial score (nSPS) is 10.5. The molecule has 6 heteroatoms. The molecule has 0 amide bonds. The van der Waals surface area contributed by atoms with Crippen LogP contribution in [0.5, 0.6) is 5.75 Å². The van der Waals surface area contributed by atoms with E-state index in [1.54, 1.807) is 12.1 Å². The number of thiocarbonyl (C=S) groups is 1. The molecule has 0 unspecified atom stereocenters. The quantitative estimate of drug-likeness (QED) is 0.706. The minimum Gasteiger partial charge on any atom is -0.491 e. The third kappa shape index (κ3) is 5.80. The maximum absolute atomic E-state index is 13.7. The summed E-state index contributed by atoms with van der Waals surface area (Å²) in [6, 6.07) is 12.5. The average molecular weight is 397 g/mol. The molecule has 0 bridgehead atoms. The van der Waals surface area contributed by atoms with Gasteiger partial charge in [0.05, 0.1) is 11.8 Å². The summed E-state index contributed by atoms with van der Waals surface area (Å²) in [5.41, 5.74) is 1.40. The first-order chi connectivity index (χ1) is 10.9. The van der Waals surface area contributed by atoms with E-state index in [1.807, 2.05) is 38.1 Å². The average Bonchev–Trinajstić information content (AvgIpc) is 2.49. The Bertz CT molecular complexity index is 677. The predicted molar refractivity (Wildman–Crippen MR) is 99.4 cm³/mol. The van der Waals surface area contributed by atoms with E-state index in [0.29, 0.717) is 21.8 Å². The summed E-state index contributed by atoms with van der Waals surface area (Å²) >= 11 is 8.40. The number of rotatable bonds is 5. The molecule has 0 saturated carbocycles. The Kier molecular flexibility index (Phi) is 6.36. The first-order valence-corrected chi connectivity index (χ1v) is 8.39. The number of halogens is 2. The molecule has 0 fully saturated rings. The highest BCUT2D eigenvalue weighted by atomic mass is 79.9. The SMILES string of the molecule is CC(C)Oc1ccc(CNC(=S)Nc2ccc(Br)cc2F)cc1. The fourth-order valence-electron chi connectivity index (χ4n) is 1.90. The Hall–Kier alpha value is -1.66. The van der Waals surface area contributed by atoms with Gasteiger partial charge >= 0.3 is 0 Å². The molecule has 0 aliphatic rings. The molecule has 0 aliphatic heterocycles. The van der Waals surface area contributed by atoms with Crippen LogP contribution in [-0.4, -0.2) is 11.2 Å². The molecule has 0 radical (unpaired) electrons. The largest absolute Gasteiger partial charge is 0.491 e. The van der Waals surface area contributed by atoms with Crippen LogP contribution in [0, 0.1) is 5.82 Å².